The number of halogens is 1. The number of carbonyl (C=O) groups excluding carboxylic acids is 1. The molecule has 0 radical (unpaired) electrons. The zero-order valence-electron chi connectivity index (χ0n) is 10.4. The third-order valence-electron chi connectivity index (χ3n) is 2.82. The summed E-state index contributed by atoms with van der Waals surface area (Å²) in [6.45, 7) is 0.290. The van der Waals surface area contributed by atoms with Crippen LogP contribution >= 0.6 is 23.4 Å². The molecule has 0 bridgehead atoms. The number of nitrogens with two attached hydrogens (primary N) is 1. The van der Waals surface area contributed by atoms with Crippen LogP contribution in [0.2, 0.25) is 5.02 Å². The van der Waals surface area contributed by atoms with Gasteiger partial charge in [-0.3, -0.25) is 4.79 Å². The lowest BCUT2D eigenvalue weighted by Gasteiger charge is -2.11. The number of amides is 1. The van der Waals surface area contributed by atoms with Crippen LogP contribution in [0.5, 0.6) is 0 Å². The fourth-order valence-corrected chi connectivity index (χ4v) is 3.20. The molecule has 1 aromatic rings. The van der Waals surface area contributed by atoms with Crippen LogP contribution in [0.25, 0.3) is 0 Å². The van der Waals surface area contributed by atoms with Crippen LogP contribution in [0.3, 0.4) is 0 Å². The molecule has 1 atom stereocenters. The van der Waals surface area contributed by atoms with Crippen molar-refractivity contribution in [1.82, 2.24) is 5.32 Å². The lowest BCUT2D eigenvalue weighted by atomic mass is 10.1. The van der Waals surface area contributed by atoms with Gasteiger partial charge in [-0.1, -0.05) is 23.4 Å². The first-order chi connectivity index (χ1) is 9.20. The van der Waals surface area contributed by atoms with Crippen LogP contribution in [-0.4, -0.2) is 30.0 Å². The van der Waals surface area contributed by atoms with E-state index < -0.39 is 0 Å². The molecule has 3 nitrogen and oxygen atoms in total. The fraction of sp³-hybridized carbons (Fsp3) is 0.357. The van der Waals surface area contributed by atoms with Crippen LogP contribution in [-0.2, 0) is 0 Å². The Bertz CT molecular complexity index is 530. The molecule has 0 spiro atoms. The predicted octanol–water partition coefficient (Wildman–Crippen LogP) is 1.89. The minimum Gasteiger partial charge on any atom is -0.348 e. The van der Waals surface area contributed by atoms with Crippen molar-refractivity contribution in [3.05, 3.63) is 34.3 Å². The standard InChI is InChI=1S/C14H15ClN2OS/c15-13-8-11(4-3-10(13)2-1-6-16)14(18)17-12-5-7-19-9-12/h3-4,8,12H,5-7,9,16H2,(H,17,18). The molecule has 1 amide bonds. The maximum Gasteiger partial charge on any atom is 0.251 e. The first kappa shape index (κ1) is 14.3. The molecule has 100 valence electrons. The van der Waals surface area contributed by atoms with Crippen molar-refractivity contribution in [2.75, 3.05) is 18.1 Å². The molecule has 1 heterocycles. The third-order valence-corrected chi connectivity index (χ3v) is 4.30. The summed E-state index contributed by atoms with van der Waals surface area (Å²) >= 11 is 7.96. The van der Waals surface area contributed by atoms with E-state index in [4.69, 9.17) is 17.3 Å². The Labute approximate surface area is 122 Å². The van der Waals surface area contributed by atoms with Gasteiger partial charge < -0.3 is 11.1 Å². The highest BCUT2D eigenvalue weighted by atomic mass is 35.5. The summed E-state index contributed by atoms with van der Waals surface area (Å²) in [5.74, 6) is 7.63. The Balaban J connectivity index is 2.08. The van der Waals surface area contributed by atoms with E-state index in [1.807, 2.05) is 11.8 Å². The van der Waals surface area contributed by atoms with Gasteiger partial charge in [-0.2, -0.15) is 11.8 Å². The Morgan fingerprint density at radius 3 is 3.05 bits per heavy atom. The third kappa shape index (κ3) is 3.90. The smallest absolute Gasteiger partial charge is 0.251 e. The van der Waals surface area contributed by atoms with Gasteiger partial charge in [0.15, 0.2) is 0 Å². The number of carbonyl (C=O) groups is 1. The summed E-state index contributed by atoms with van der Waals surface area (Å²) in [6, 6.07) is 5.42. The van der Waals surface area contributed by atoms with Gasteiger partial charge in [-0.25, -0.2) is 0 Å². The highest BCUT2D eigenvalue weighted by molar-refractivity contribution is 7.99. The number of benzene rings is 1. The second-order valence-corrected chi connectivity index (χ2v) is 5.79. The van der Waals surface area contributed by atoms with Crippen molar-refractivity contribution in [2.24, 2.45) is 5.73 Å². The normalized spacial score (nSPS) is 17.7. The first-order valence-corrected chi connectivity index (χ1v) is 7.61. The molecule has 1 aromatic carbocycles. The van der Waals surface area contributed by atoms with Crippen LogP contribution in [0.15, 0.2) is 18.2 Å². The van der Waals surface area contributed by atoms with Crippen LogP contribution in [0.4, 0.5) is 0 Å². The van der Waals surface area contributed by atoms with Crippen molar-refractivity contribution in [1.29, 1.82) is 0 Å². The Kier molecular flexibility index (Phi) is 5.15. The number of thioether (sulfide) groups is 1. The molecule has 3 N–H and O–H groups in total. The van der Waals surface area contributed by atoms with E-state index in [0.717, 1.165) is 17.9 Å². The summed E-state index contributed by atoms with van der Waals surface area (Å²) < 4.78 is 0. The van der Waals surface area contributed by atoms with E-state index in [0.29, 0.717) is 16.1 Å². The van der Waals surface area contributed by atoms with Gasteiger partial charge in [0.1, 0.15) is 0 Å². The molecule has 1 saturated heterocycles. The molecule has 19 heavy (non-hydrogen) atoms. The molecule has 2 rings (SSSR count). The molecular weight excluding hydrogens is 280 g/mol. The quantitative estimate of drug-likeness (QED) is 0.819. The van der Waals surface area contributed by atoms with E-state index in [1.165, 1.54) is 0 Å². The van der Waals surface area contributed by atoms with Crippen LogP contribution in [0.1, 0.15) is 22.3 Å². The maximum atomic E-state index is 12.0. The number of nitrogens with one attached hydrogen (secondary N) is 1. The van der Waals surface area contributed by atoms with Gasteiger partial charge in [0.05, 0.1) is 11.6 Å². The molecule has 1 unspecified atom stereocenters. The summed E-state index contributed by atoms with van der Waals surface area (Å²) in [6.07, 6.45) is 1.03. The monoisotopic (exact) mass is 294 g/mol. The minimum absolute atomic E-state index is 0.0762. The van der Waals surface area contributed by atoms with Crippen molar-refractivity contribution in [3.8, 4) is 11.8 Å². The zero-order chi connectivity index (χ0) is 13.7. The summed E-state index contributed by atoms with van der Waals surface area (Å²) in [5, 5.41) is 3.49. The van der Waals surface area contributed by atoms with Crippen molar-refractivity contribution < 1.29 is 4.79 Å². The topological polar surface area (TPSA) is 55.1 Å². The number of hydrogen-bond donors (Lipinski definition) is 2. The van der Waals surface area contributed by atoms with E-state index in [9.17, 15) is 4.79 Å². The van der Waals surface area contributed by atoms with Crippen molar-refractivity contribution in [2.45, 2.75) is 12.5 Å². The summed E-state index contributed by atoms with van der Waals surface area (Å²) in [5.41, 5.74) is 6.58. The van der Waals surface area contributed by atoms with Crippen LogP contribution in [0, 0.1) is 11.8 Å². The summed E-state index contributed by atoms with van der Waals surface area (Å²) in [4.78, 5) is 12.0. The van der Waals surface area contributed by atoms with Crippen molar-refractivity contribution in [3.63, 3.8) is 0 Å². The highest BCUT2D eigenvalue weighted by Crippen LogP contribution is 2.19. The van der Waals surface area contributed by atoms with Gasteiger partial charge in [-0.15, -0.1) is 0 Å². The second-order valence-electron chi connectivity index (χ2n) is 4.23. The average molecular weight is 295 g/mol. The highest BCUT2D eigenvalue weighted by Gasteiger charge is 2.18. The molecule has 1 aliphatic heterocycles. The van der Waals surface area contributed by atoms with Gasteiger partial charge in [0.25, 0.3) is 5.91 Å². The minimum atomic E-state index is -0.0762. The van der Waals surface area contributed by atoms with Gasteiger partial charge in [0.2, 0.25) is 0 Å². The average Bonchev–Trinajstić information content (AvgIpc) is 2.90. The Hall–Kier alpha value is -1.15. The van der Waals surface area contributed by atoms with E-state index >= 15 is 0 Å². The molecule has 1 fully saturated rings. The maximum absolute atomic E-state index is 12.0. The number of rotatable bonds is 2. The van der Waals surface area contributed by atoms with Gasteiger partial charge >= 0.3 is 0 Å². The molecule has 5 heteroatoms. The lowest BCUT2D eigenvalue weighted by molar-refractivity contribution is 0.0941. The van der Waals surface area contributed by atoms with Crippen LogP contribution < -0.4 is 11.1 Å². The van der Waals surface area contributed by atoms with Crippen molar-refractivity contribution >= 4 is 29.3 Å². The van der Waals surface area contributed by atoms with Gasteiger partial charge in [-0.05, 0) is 30.4 Å². The van der Waals surface area contributed by atoms with E-state index in [-0.39, 0.29) is 18.5 Å². The number of hydrogen-bond acceptors (Lipinski definition) is 3. The SMILES string of the molecule is NCC#Cc1ccc(C(=O)NC2CCSC2)cc1Cl. The summed E-state index contributed by atoms with van der Waals surface area (Å²) in [7, 11) is 0. The van der Waals surface area contributed by atoms with Gasteiger partial charge in [0, 0.05) is 22.9 Å². The Morgan fingerprint density at radius 1 is 1.58 bits per heavy atom. The van der Waals surface area contributed by atoms with E-state index in [1.54, 1.807) is 18.2 Å². The first-order valence-electron chi connectivity index (χ1n) is 6.08. The molecular formula is C14H15ClN2OS. The molecule has 0 aliphatic carbocycles. The molecule has 0 saturated carbocycles. The molecule has 1 aliphatic rings. The zero-order valence-corrected chi connectivity index (χ0v) is 12.0. The Morgan fingerprint density at radius 2 is 2.42 bits per heavy atom. The predicted molar refractivity (Wildman–Crippen MR) is 80.6 cm³/mol. The molecule has 0 aromatic heterocycles. The fourth-order valence-electron chi connectivity index (χ4n) is 1.82. The lowest BCUT2D eigenvalue weighted by Crippen LogP contribution is -2.34. The second kappa shape index (κ2) is 6.85. The largest absolute Gasteiger partial charge is 0.348 e. The van der Waals surface area contributed by atoms with E-state index in [2.05, 4.69) is 17.2 Å².